The van der Waals surface area contributed by atoms with Crippen LogP contribution in [0, 0.1) is 11.8 Å². The molecule has 50 valence electrons. The third-order valence-corrected chi connectivity index (χ3v) is 1.33. The number of hydrogen-bond donors (Lipinski definition) is 2. The molecule has 2 nitrogen and oxygen atoms in total. The zero-order valence-electron chi connectivity index (χ0n) is 5.57. The molecule has 1 aliphatic heterocycles. The molecular weight excluding hydrogens is 114 g/mol. The minimum atomic E-state index is -0.698. The lowest BCUT2D eigenvalue weighted by Crippen LogP contribution is -2.58. The molecule has 0 amide bonds. The first kappa shape index (κ1) is 6.60. The highest BCUT2D eigenvalue weighted by molar-refractivity contribution is 5.19. The van der Waals surface area contributed by atoms with Crippen molar-refractivity contribution in [2.24, 2.45) is 0 Å². The van der Waals surface area contributed by atoms with Crippen LogP contribution in [0.5, 0.6) is 0 Å². The van der Waals surface area contributed by atoms with E-state index in [4.69, 9.17) is 0 Å². The fourth-order valence-corrected chi connectivity index (χ4v) is 0.703. The van der Waals surface area contributed by atoms with Crippen LogP contribution >= 0.6 is 0 Å². The molecule has 1 rings (SSSR count). The third kappa shape index (κ3) is 1.44. The Morgan fingerprint density at radius 2 is 2.33 bits per heavy atom. The predicted molar refractivity (Wildman–Crippen MR) is 35.9 cm³/mol. The van der Waals surface area contributed by atoms with Crippen molar-refractivity contribution in [3.63, 3.8) is 0 Å². The standard InChI is InChI=1S/C7H11NO/c1-2-3-4-7(9)5-8-6-7/h8-9H,2,5-6H2,1H3. The van der Waals surface area contributed by atoms with E-state index in [0.717, 1.165) is 6.42 Å². The van der Waals surface area contributed by atoms with Gasteiger partial charge in [-0.2, -0.15) is 0 Å². The molecule has 1 saturated heterocycles. The Labute approximate surface area is 55.3 Å². The average molecular weight is 125 g/mol. The molecule has 1 fully saturated rings. The van der Waals surface area contributed by atoms with Crippen molar-refractivity contribution in [3.05, 3.63) is 0 Å². The summed E-state index contributed by atoms with van der Waals surface area (Å²) < 4.78 is 0. The van der Waals surface area contributed by atoms with Crippen molar-refractivity contribution in [1.29, 1.82) is 0 Å². The van der Waals surface area contributed by atoms with E-state index in [9.17, 15) is 5.11 Å². The topological polar surface area (TPSA) is 32.3 Å². The van der Waals surface area contributed by atoms with Gasteiger partial charge in [-0.05, 0) is 0 Å². The molecule has 0 saturated carbocycles. The lowest BCUT2D eigenvalue weighted by Gasteiger charge is -2.32. The molecule has 1 heterocycles. The monoisotopic (exact) mass is 125 g/mol. The van der Waals surface area contributed by atoms with Gasteiger partial charge >= 0.3 is 0 Å². The molecule has 0 unspecified atom stereocenters. The van der Waals surface area contributed by atoms with E-state index in [0.29, 0.717) is 13.1 Å². The van der Waals surface area contributed by atoms with Crippen LogP contribution in [-0.4, -0.2) is 23.8 Å². The lowest BCUT2D eigenvalue weighted by molar-refractivity contribution is 0.0472. The summed E-state index contributed by atoms with van der Waals surface area (Å²) in [6, 6.07) is 0. The first-order valence-corrected chi connectivity index (χ1v) is 3.20. The molecule has 0 spiro atoms. The largest absolute Gasteiger partial charge is 0.375 e. The first-order chi connectivity index (χ1) is 4.27. The Hall–Kier alpha value is -0.520. The molecule has 0 bridgehead atoms. The molecule has 9 heavy (non-hydrogen) atoms. The van der Waals surface area contributed by atoms with E-state index in [1.807, 2.05) is 6.92 Å². The lowest BCUT2D eigenvalue weighted by atomic mass is 9.98. The van der Waals surface area contributed by atoms with Crippen molar-refractivity contribution in [2.75, 3.05) is 13.1 Å². The third-order valence-electron chi connectivity index (χ3n) is 1.33. The molecule has 0 aromatic heterocycles. The molecule has 0 aliphatic carbocycles. The number of aliphatic hydroxyl groups is 1. The number of nitrogens with one attached hydrogen (secondary N) is 1. The van der Waals surface area contributed by atoms with Gasteiger partial charge in [-0.25, -0.2) is 0 Å². The van der Waals surface area contributed by atoms with E-state index < -0.39 is 5.60 Å². The maximum absolute atomic E-state index is 9.30. The predicted octanol–water partition coefficient (Wildman–Crippen LogP) is -0.266. The maximum atomic E-state index is 9.30. The summed E-state index contributed by atoms with van der Waals surface area (Å²) in [4.78, 5) is 0. The van der Waals surface area contributed by atoms with Gasteiger partial charge < -0.3 is 10.4 Å². The van der Waals surface area contributed by atoms with Crippen LogP contribution in [0.1, 0.15) is 13.3 Å². The Kier molecular flexibility index (Phi) is 1.75. The fourth-order valence-electron chi connectivity index (χ4n) is 0.703. The molecule has 2 heteroatoms. The Balaban J connectivity index is 2.41. The van der Waals surface area contributed by atoms with Gasteiger partial charge in [-0.3, -0.25) is 0 Å². The van der Waals surface area contributed by atoms with Crippen molar-refractivity contribution in [3.8, 4) is 11.8 Å². The summed E-state index contributed by atoms with van der Waals surface area (Å²) in [7, 11) is 0. The van der Waals surface area contributed by atoms with Crippen LogP contribution < -0.4 is 5.32 Å². The van der Waals surface area contributed by atoms with E-state index >= 15 is 0 Å². The van der Waals surface area contributed by atoms with Gasteiger partial charge in [0.1, 0.15) is 5.60 Å². The summed E-state index contributed by atoms with van der Waals surface area (Å²) in [6.45, 7) is 3.22. The summed E-state index contributed by atoms with van der Waals surface area (Å²) in [5.74, 6) is 5.64. The van der Waals surface area contributed by atoms with E-state index in [2.05, 4.69) is 17.2 Å². The quantitative estimate of drug-likeness (QED) is 0.437. The van der Waals surface area contributed by atoms with Crippen molar-refractivity contribution in [2.45, 2.75) is 18.9 Å². The van der Waals surface area contributed by atoms with Gasteiger partial charge in [0.05, 0.1) is 0 Å². The number of hydrogen-bond acceptors (Lipinski definition) is 2. The van der Waals surface area contributed by atoms with Gasteiger partial charge in [0.15, 0.2) is 0 Å². The minimum Gasteiger partial charge on any atom is -0.375 e. The van der Waals surface area contributed by atoms with Crippen LogP contribution in [0.25, 0.3) is 0 Å². The van der Waals surface area contributed by atoms with Crippen LogP contribution in [0.3, 0.4) is 0 Å². The molecule has 0 aromatic rings. The van der Waals surface area contributed by atoms with Crippen molar-refractivity contribution in [1.82, 2.24) is 5.32 Å². The molecular formula is C7H11NO. The minimum absolute atomic E-state index is 0.625. The average Bonchev–Trinajstić information content (AvgIpc) is 1.79. The zero-order chi connectivity index (χ0) is 6.74. The van der Waals surface area contributed by atoms with Gasteiger partial charge in [-0.1, -0.05) is 12.8 Å². The highest BCUT2D eigenvalue weighted by atomic mass is 16.3. The molecule has 0 atom stereocenters. The van der Waals surface area contributed by atoms with Gasteiger partial charge in [0.25, 0.3) is 0 Å². The number of β-amino-alcohol motifs (C(OH)–C–C–N with tert-alkyl or cyclic N) is 1. The summed E-state index contributed by atoms with van der Waals surface area (Å²) >= 11 is 0. The van der Waals surface area contributed by atoms with Crippen LogP contribution in [-0.2, 0) is 0 Å². The molecule has 2 N–H and O–H groups in total. The number of rotatable bonds is 0. The van der Waals surface area contributed by atoms with Crippen molar-refractivity contribution >= 4 is 0 Å². The first-order valence-electron chi connectivity index (χ1n) is 3.20. The van der Waals surface area contributed by atoms with Crippen molar-refractivity contribution < 1.29 is 5.11 Å². The van der Waals surface area contributed by atoms with Gasteiger partial charge in [0, 0.05) is 19.5 Å². The second kappa shape index (κ2) is 2.38. The Morgan fingerprint density at radius 1 is 1.67 bits per heavy atom. The fraction of sp³-hybridized carbons (Fsp3) is 0.714. The Morgan fingerprint density at radius 3 is 2.67 bits per heavy atom. The highest BCUT2D eigenvalue weighted by Gasteiger charge is 2.31. The molecule has 0 radical (unpaired) electrons. The summed E-state index contributed by atoms with van der Waals surface area (Å²) in [5, 5.41) is 12.3. The van der Waals surface area contributed by atoms with E-state index in [1.165, 1.54) is 0 Å². The second-order valence-electron chi connectivity index (χ2n) is 2.29. The highest BCUT2D eigenvalue weighted by Crippen LogP contribution is 2.07. The second-order valence-corrected chi connectivity index (χ2v) is 2.29. The van der Waals surface area contributed by atoms with Gasteiger partial charge in [-0.15, -0.1) is 5.92 Å². The SMILES string of the molecule is CCC#CC1(O)CNC1. The maximum Gasteiger partial charge on any atom is 0.150 e. The van der Waals surface area contributed by atoms with E-state index in [-0.39, 0.29) is 0 Å². The summed E-state index contributed by atoms with van der Waals surface area (Å²) in [5.41, 5.74) is -0.698. The smallest absolute Gasteiger partial charge is 0.150 e. The Bertz CT molecular complexity index is 150. The van der Waals surface area contributed by atoms with Crippen LogP contribution in [0.4, 0.5) is 0 Å². The molecule has 0 aromatic carbocycles. The zero-order valence-corrected chi connectivity index (χ0v) is 5.57. The summed E-state index contributed by atoms with van der Waals surface area (Å²) in [6.07, 6.45) is 0.822. The van der Waals surface area contributed by atoms with Crippen LogP contribution in [0.2, 0.25) is 0 Å². The normalized spacial score (nSPS) is 21.6. The van der Waals surface area contributed by atoms with Crippen LogP contribution in [0.15, 0.2) is 0 Å². The van der Waals surface area contributed by atoms with E-state index in [1.54, 1.807) is 0 Å². The van der Waals surface area contributed by atoms with Gasteiger partial charge in [0.2, 0.25) is 0 Å². The molecule has 1 aliphatic rings.